The Morgan fingerprint density at radius 3 is 2.56 bits per heavy atom. The predicted octanol–water partition coefficient (Wildman–Crippen LogP) is 2.88. The van der Waals surface area contributed by atoms with Gasteiger partial charge in [0.25, 0.3) is 0 Å². The molecule has 5 heteroatoms. The Kier molecular flexibility index (Phi) is 5.90. The molecule has 0 N–H and O–H groups in total. The number of hydrogen-bond acceptors (Lipinski definition) is 5. The average molecular weight is 367 g/mol. The summed E-state index contributed by atoms with van der Waals surface area (Å²) in [7, 11) is 1.76. The Hall–Kier alpha value is -2.11. The van der Waals surface area contributed by atoms with Crippen molar-refractivity contribution in [1.29, 1.82) is 0 Å². The molecular weight excluding hydrogens is 336 g/mol. The highest BCUT2D eigenvalue weighted by Crippen LogP contribution is 2.29. The summed E-state index contributed by atoms with van der Waals surface area (Å²) in [6, 6.07) is 13.3. The van der Waals surface area contributed by atoms with Gasteiger partial charge in [0.15, 0.2) is 0 Å². The zero-order valence-electron chi connectivity index (χ0n) is 16.3. The van der Waals surface area contributed by atoms with Crippen molar-refractivity contribution in [3.8, 4) is 5.75 Å². The Labute approximate surface area is 162 Å². The summed E-state index contributed by atoms with van der Waals surface area (Å²) in [6.07, 6.45) is 6.41. The second-order valence-corrected chi connectivity index (χ2v) is 7.58. The van der Waals surface area contributed by atoms with E-state index in [9.17, 15) is 0 Å². The van der Waals surface area contributed by atoms with Gasteiger partial charge in [0.1, 0.15) is 5.75 Å². The minimum atomic E-state index is 0.681. The molecule has 2 aliphatic rings. The number of nitrogens with zero attached hydrogens (tertiary/aromatic N) is 4. The minimum Gasteiger partial charge on any atom is -0.495 e. The molecule has 2 aromatic rings. The van der Waals surface area contributed by atoms with Crippen LogP contribution in [0.3, 0.4) is 0 Å². The molecule has 0 radical (unpaired) electrons. The van der Waals surface area contributed by atoms with Gasteiger partial charge in [-0.25, -0.2) is 0 Å². The largest absolute Gasteiger partial charge is 0.495 e. The fraction of sp³-hybridized carbons (Fsp3) is 0.500. The lowest BCUT2D eigenvalue weighted by Gasteiger charge is -2.44. The van der Waals surface area contributed by atoms with E-state index >= 15 is 0 Å². The molecule has 144 valence electrons. The predicted molar refractivity (Wildman–Crippen MR) is 109 cm³/mol. The maximum atomic E-state index is 5.55. The molecule has 0 bridgehead atoms. The quantitative estimate of drug-likeness (QED) is 0.812. The number of benzene rings is 1. The van der Waals surface area contributed by atoms with E-state index in [0.717, 1.165) is 38.5 Å². The van der Waals surface area contributed by atoms with Crippen LogP contribution in [-0.2, 0) is 6.54 Å². The Bertz CT molecular complexity index is 715. The zero-order chi connectivity index (χ0) is 18.5. The van der Waals surface area contributed by atoms with E-state index in [-0.39, 0.29) is 0 Å². The number of rotatable bonds is 5. The van der Waals surface area contributed by atoms with Gasteiger partial charge < -0.3 is 9.64 Å². The van der Waals surface area contributed by atoms with E-state index in [2.05, 4.69) is 50.0 Å². The summed E-state index contributed by atoms with van der Waals surface area (Å²) >= 11 is 0. The molecule has 3 heterocycles. The van der Waals surface area contributed by atoms with Crippen molar-refractivity contribution in [2.45, 2.75) is 25.4 Å². The first-order valence-electron chi connectivity index (χ1n) is 10.1. The highest BCUT2D eigenvalue weighted by Gasteiger charge is 2.28. The molecule has 2 fully saturated rings. The van der Waals surface area contributed by atoms with Crippen LogP contribution in [0.25, 0.3) is 0 Å². The van der Waals surface area contributed by atoms with Crippen molar-refractivity contribution in [3.05, 3.63) is 54.4 Å². The van der Waals surface area contributed by atoms with Crippen molar-refractivity contribution in [2.75, 3.05) is 51.3 Å². The van der Waals surface area contributed by atoms with Gasteiger partial charge in [-0.1, -0.05) is 12.1 Å². The topological polar surface area (TPSA) is 31.8 Å². The number of hydrogen-bond donors (Lipinski definition) is 0. The summed E-state index contributed by atoms with van der Waals surface area (Å²) in [5, 5.41) is 0. The van der Waals surface area contributed by atoms with Crippen molar-refractivity contribution >= 4 is 5.69 Å². The molecule has 4 rings (SSSR count). The van der Waals surface area contributed by atoms with Crippen molar-refractivity contribution in [3.63, 3.8) is 0 Å². The van der Waals surface area contributed by atoms with Gasteiger partial charge in [-0.15, -0.1) is 0 Å². The molecule has 27 heavy (non-hydrogen) atoms. The smallest absolute Gasteiger partial charge is 0.142 e. The molecule has 1 aromatic heterocycles. The van der Waals surface area contributed by atoms with Crippen LogP contribution in [0.1, 0.15) is 18.4 Å². The third-order valence-corrected chi connectivity index (χ3v) is 5.89. The second-order valence-electron chi connectivity index (χ2n) is 7.58. The van der Waals surface area contributed by atoms with Gasteiger partial charge in [0, 0.05) is 57.7 Å². The SMILES string of the molecule is COc1ccccc1N1CCN(C2CCCN(Cc3ccncc3)C2)CC1. The summed E-state index contributed by atoms with van der Waals surface area (Å²) < 4.78 is 5.55. The lowest BCUT2D eigenvalue weighted by Crippen LogP contribution is -2.55. The molecule has 2 saturated heterocycles. The van der Waals surface area contributed by atoms with Crippen LogP contribution in [0.4, 0.5) is 5.69 Å². The molecule has 0 spiro atoms. The maximum absolute atomic E-state index is 5.55. The van der Waals surface area contributed by atoms with Gasteiger partial charge >= 0.3 is 0 Å². The van der Waals surface area contributed by atoms with Crippen molar-refractivity contribution in [1.82, 2.24) is 14.8 Å². The number of pyridine rings is 1. The molecule has 0 aliphatic carbocycles. The van der Waals surface area contributed by atoms with E-state index in [1.165, 1.54) is 37.2 Å². The fourth-order valence-electron chi connectivity index (χ4n) is 4.44. The third kappa shape index (κ3) is 4.42. The molecule has 0 amide bonds. The summed E-state index contributed by atoms with van der Waals surface area (Å²) in [4.78, 5) is 11.9. The van der Waals surface area contributed by atoms with Gasteiger partial charge in [0.2, 0.25) is 0 Å². The van der Waals surface area contributed by atoms with E-state index in [1.807, 2.05) is 18.5 Å². The molecule has 1 unspecified atom stereocenters. The zero-order valence-corrected chi connectivity index (χ0v) is 16.3. The van der Waals surface area contributed by atoms with Crippen LogP contribution >= 0.6 is 0 Å². The third-order valence-electron chi connectivity index (χ3n) is 5.89. The summed E-state index contributed by atoms with van der Waals surface area (Å²) in [6.45, 7) is 7.83. The first-order valence-corrected chi connectivity index (χ1v) is 10.1. The molecule has 0 saturated carbocycles. The number of para-hydroxylation sites is 2. The van der Waals surface area contributed by atoms with Gasteiger partial charge in [0.05, 0.1) is 12.8 Å². The number of anilines is 1. The highest BCUT2D eigenvalue weighted by molar-refractivity contribution is 5.58. The van der Waals surface area contributed by atoms with E-state index in [1.54, 1.807) is 7.11 Å². The van der Waals surface area contributed by atoms with E-state index < -0.39 is 0 Å². The first kappa shape index (κ1) is 18.3. The van der Waals surface area contributed by atoms with Gasteiger partial charge in [-0.2, -0.15) is 0 Å². The number of ether oxygens (including phenoxy) is 1. The first-order chi connectivity index (χ1) is 13.3. The van der Waals surface area contributed by atoms with E-state index in [4.69, 9.17) is 4.74 Å². The molecular formula is C22H30N4O. The molecule has 1 atom stereocenters. The number of piperazine rings is 1. The monoisotopic (exact) mass is 366 g/mol. The minimum absolute atomic E-state index is 0.681. The Balaban J connectivity index is 1.32. The molecule has 2 aliphatic heterocycles. The van der Waals surface area contributed by atoms with Crippen LogP contribution in [0, 0.1) is 0 Å². The van der Waals surface area contributed by atoms with Crippen molar-refractivity contribution in [2.24, 2.45) is 0 Å². The highest BCUT2D eigenvalue weighted by atomic mass is 16.5. The van der Waals surface area contributed by atoms with Crippen LogP contribution in [0.5, 0.6) is 5.75 Å². The van der Waals surface area contributed by atoms with Crippen LogP contribution in [0.2, 0.25) is 0 Å². The van der Waals surface area contributed by atoms with Gasteiger partial charge in [-0.05, 0) is 49.2 Å². The Morgan fingerprint density at radius 1 is 1.00 bits per heavy atom. The standard InChI is InChI=1S/C22H30N4O/c1-27-22-7-3-2-6-21(22)26-15-13-25(14-16-26)20-5-4-12-24(18-20)17-19-8-10-23-11-9-19/h2-3,6-11,20H,4-5,12-18H2,1H3. The van der Waals surface area contributed by atoms with Crippen LogP contribution < -0.4 is 9.64 Å². The number of likely N-dealkylation sites (tertiary alicyclic amines) is 1. The fourth-order valence-corrected chi connectivity index (χ4v) is 4.44. The summed E-state index contributed by atoms with van der Waals surface area (Å²) in [5.41, 5.74) is 2.59. The second kappa shape index (κ2) is 8.72. The average Bonchev–Trinajstić information content (AvgIpc) is 2.75. The summed E-state index contributed by atoms with van der Waals surface area (Å²) in [5.74, 6) is 0.979. The number of methoxy groups -OCH3 is 1. The maximum Gasteiger partial charge on any atom is 0.142 e. The lowest BCUT2D eigenvalue weighted by molar-refractivity contribution is 0.0887. The van der Waals surface area contributed by atoms with Gasteiger partial charge in [-0.3, -0.25) is 14.8 Å². The molecule has 1 aromatic carbocycles. The van der Waals surface area contributed by atoms with Crippen LogP contribution in [-0.4, -0.2) is 67.2 Å². The number of aromatic nitrogens is 1. The number of piperidine rings is 1. The van der Waals surface area contributed by atoms with Crippen molar-refractivity contribution < 1.29 is 4.74 Å². The normalized spacial score (nSPS) is 22.0. The van der Waals surface area contributed by atoms with E-state index in [0.29, 0.717) is 6.04 Å². The Morgan fingerprint density at radius 2 is 1.78 bits per heavy atom. The van der Waals surface area contributed by atoms with Crippen LogP contribution in [0.15, 0.2) is 48.8 Å². The lowest BCUT2D eigenvalue weighted by atomic mass is 10.0. The molecule has 5 nitrogen and oxygen atoms in total.